The molecule has 4 nitrogen and oxygen atoms in total. The van der Waals surface area contributed by atoms with Crippen molar-refractivity contribution in [2.45, 2.75) is 30.4 Å². The summed E-state index contributed by atoms with van der Waals surface area (Å²) in [5.74, 6) is 0. The third-order valence-corrected chi connectivity index (χ3v) is 4.51. The number of aryl methyl sites for hydroxylation is 1. The summed E-state index contributed by atoms with van der Waals surface area (Å²) in [7, 11) is -1.90. The molecule has 1 N–H and O–H groups in total. The molecule has 18 heavy (non-hydrogen) atoms. The van der Waals surface area contributed by atoms with Gasteiger partial charge in [-0.2, -0.15) is 0 Å². The SMILES string of the molecule is CO[C@@H]1CC=C[C@H]1NS(=O)(=O)c1ccc(C)cc1. The minimum absolute atomic E-state index is 0.120. The zero-order valence-corrected chi connectivity index (χ0v) is 11.3. The Hall–Kier alpha value is -1.17. The zero-order valence-electron chi connectivity index (χ0n) is 10.5. The van der Waals surface area contributed by atoms with Crippen LogP contribution in [-0.2, 0) is 14.8 Å². The van der Waals surface area contributed by atoms with E-state index in [4.69, 9.17) is 4.74 Å². The van der Waals surface area contributed by atoms with Crippen LogP contribution in [0.3, 0.4) is 0 Å². The molecule has 0 radical (unpaired) electrons. The summed E-state index contributed by atoms with van der Waals surface area (Å²) in [4.78, 5) is 0.281. The lowest BCUT2D eigenvalue weighted by Crippen LogP contribution is -2.40. The van der Waals surface area contributed by atoms with Crippen LogP contribution in [0, 0.1) is 6.92 Å². The average molecular weight is 267 g/mol. The van der Waals surface area contributed by atoms with E-state index in [2.05, 4.69) is 4.72 Å². The Morgan fingerprint density at radius 2 is 1.94 bits per heavy atom. The molecule has 2 rings (SSSR count). The first-order valence-corrected chi connectivity index (χ1v) is 7.30. The van der Waals surface area contributed by atoms with Crippen LogP contribution in [0.15, 0.2) is 41.3 Å². The standard InChI is InChI=1S/C13H17NO3S/c1-10-6-8-11(9-7-10)18(15,16)14-12-4-3-5-13(12)17-2/h3-4,6-9,12-14H,5H2,1-2H3/t12-,13-/m1/s1. The lowest BCUT2D eigenvalue weighted by Gasteiger charge is -2.19. The fourth-order valence-corrected chi connectivity index (χ4v) is 3.17. The molecule has 0 unspecified atom stereocenters. The van der Waals surface area contributed by atoms with Gasteiger partial charge in [0.25, 0.3) is 0 Å². The highest BCUT2D eigenvalue weighted by Gasteiger charge is 2.27. The van der Waals surface area contributed by atoms with Crippen molar-refractivity contribution in [3.8, 4) is 0 Å². The topological polar surface area (TPSA) is 55.4 Å². The van der Waals surface area contributed by atoms with Crippen LogP contribution in [0.1, 0.15) is 12.0 Å². The van der Waals surface area contributed by atoms with Crippen LogP contribution in [0.2, 0.25) is 0 Å². The molecule has 2 atom stereocenters. The number of nitrogens with one attached hydrogen (secondary N) is 1. The summed E-state index contributed by atoms with van der Waals surface area (Å²) in [6, 6.07) is 6.50. The van der Waals surface area contributed by atoms with Gasteiger partial charge in [0.2, 0.25) is 10.0 Å². The number of ether oxygens (including phenoxy) is 1. The summed E-state index contributed by atoms with van der Waals surface area (Å²) < 4.78 is 32.2. The van der Waals surface area contributed by atoms with E-state index >= 15 is 0 Å². The number of hydrogen-bond donors (Lipinski definition) is 1. The minimum Gasteiger partial charge on any atom is -0.379 e. The molecule has 0 aliphatic heterocycles. The second kappa shape index (κ2) is 5.22. The van der Waals surface area contributed by atoms with E-state index in [-0.39, 0.29) is 17.0 Å². The molecule has 0 heterocycles. The predicted molar refractivity (Wildman–Crippen MR) is 69.8 cm³/mol. The van der Waals surface area contributed by atoms with Crippen molar-refractivity contribution in [3.63, 3.8) is 0 Å². The van der Waals surface area contributed by atoms with Crippen molar-refractivity contribution in [2.24, 2.45) is 0 Å². The molecule has 1 aromatic carbocycles. The molecule has 0 spiro atoms. The van der Waals surface area contributed by atoms with Gasteiger partial charge in [-0.3, -0.25) is 0 Å². The van der Waals surface area contributed by atoms with Gasteiger partial charge in [0.15, 0.2) is 0 Å². The number of hydrogen-bond acceptors (Lipinski definition) is 3. The average Bonchev–Trinajstić information content (AvgIpc) is 2.76. The van der Waals surface area contributed by atoms with Crippen molar-refractivity contribution in [1.82, 2.24) is 4.72 Å². The van der Waals surface area contributed by atoms with Crippen molar-refractivity contribution in [2.75, 3.05) is 7.11 Å². The summed E-state index contributed by atoms with van der Waals surface area (Å²) in [5, 5.41) is 0. The molecule has 0 saturated carbocycles. The molecule has 0 saturated heterocycles. The first-order chi connectivity index (χ1) is 8.53. The molecule has 1 aliphatic carbocycles. The smallest absolute Gasteiger partial charge is 0.241 e. The van der Waals surface area contributed by atoms with Crippen LogP contribution in [0.4, 0.5) is 0 Å². The fraction of sp³-hybridized carbons (Fsp3) is 0.385. The van der Waals surface area contributed by atoms with Gasteiger partial charge in [-0.15, -0.1) is 0 Å². The molecule has 0 amide bonds. The second-order valence-corrected chi connectivity index (χ2v) is 6.11. The first-order valence-electron chi connectivity index (χ1n) is 5.81. The van der Waals surface area contributed by atoms with E-state index < -0.39 is 10.0 Å². The van der Waals surface area contributed by atoms with Crippen LogP contribution >= 0.6 is 0 Å². The van der Waals surface area contributed by atoms with Gasteiger partial charge in [-0.25, -0.2) is 13.1 Å². The zero-order chi connectivity index (χ0) is 13.2. The largest absolute Gasteiger partial charge is 0.379 e. The Morgan fingerprint density at radius 3 is 2.56 bits per heavy atom. The Balaban J connectivity index is 2.17. The number of rotatable bonds is 4. The van der Waals surface area contributed by atoms with Gasteiger partial charge >= 0.3 is 0 Å². The summed E-state index contributed by atoms with van der Waals surface area (Å²) in [6.07, 6.45) is 4.37. The van der Waals surface area contributed by atoms with E-state index in [0.717, 1.165) is 12.0 Å². The van der Waals surface area contributed by atoms with Gasteiger partial charge in [0, 0.05) is 7.11 Å². The quantitative estimate of drug-likeness (QED) is 0.843. The second-order valence-electron chi connectivity index (χ2n) is 4.40. The number of methoxy groups -OCH3 is 1. The van der Waals surface area contributed by atoms with Gasteiger partial charge in [-0.05, 0) is 25.5 Å². The summed E-state index contributed by atoms with van der Waals surface area (Å²) >= 11 is 0. The highest BCUT2D eigenvalue weighted by Crippen LogP contribution is 2.17. The third kappa shape index (κ3) is 2.80. The third-order valence-electron chi connectivity index (χ3n) is 3.04. The Morgan fingerprint density at radius 1 is 1.28 bits per heavy atom. The van der Waals surface area contributed by atoms with Crippen molar-refractivity contribution >= 4 is 10.0 Å². The monoisotopic (exact) mass is 267 g/mol. The van der Waals surface area contributed by atoms with Crippen molar-refractivity contribution in [3.05, 3.63) is 42.0 Å². The number of benzene rings is 1. The normalized spacial score (nSPS) is 23.4. The lowest BCUT2D eigenvalue weighted by atomic mass is 10.2. The predicted octanol–water partition coefficient (Wildman–Crippen LogP) is 1.62. The molecular formula is C13H17NO3S. The number of sulfonamides is 1. The maximum absolute atomic E-state index is 12.2. The Bertz CT molecular complexity index is 534. The Labute approximate surface area is 108 Å². The fourth-order valence-electron chi connectivity index (χ4n) is 1.95. The maximum atomic E-state index is 12.2. The van der Waals surface area contributed by atoms with Gasteiger partial charge in [0.05, 0.1) is 17.0 Å². The highest BCUT2D eigenvalue weighted by atomic mass is 32.2. The molecular weight excluding hydrogens is 250 g/mol. The molecule has 5 heteroatoms. The van der Waals surface area contributed by atoms with Crippen LogP contribution in [0.25, 0.3) is 0 Å². The van der Waals surface area contributed by atoms with E-state index in [0.29, 0.717) is 0 Å². The highest BCUT2D eigenvalue weighted by molar-refractivity contribution is 7.89. The molecule has 0 aromatic heterocycles. The van der Waals surface area contributed by atoms with Gasteiger partial charge in [-0.1, -0.05) is 29.8 Å². The summed E-state index contributed by atoms with van der Waals surface area (Å²) in [5.41, 5.74) is 1.03. The van der Waals surface area contributed by atoms with E-state index in [1.54, 1.807) is 31.4 Å². The van der Waals surface area contributed by atoms with Crippen molar-refractivity contribution in [1.29, 1.82) is 0 Å². The van der Waals surface area contributed by atoms with Crippen LogP contribution in [-0.4, -0.2) is 27.7 Å². The van der Waals surface area contributed by atoms with Crippen molar-refractivity contribution < 1.29 is 13.2 Å². The maximum Gasteiger partial charge on any atom is 0.241 e. The first kappa shape index (κ1) is 13.3. The van der Waals surface area contributed by atoms with E-state index in [9.17, 15) is 8.42 Å². The minimum atomic E-state index is -3.48. The van der Waals surface area contributed by atoms with E-state index in [1.807, 2.05) is 19.1 Å². The van der Waals surface area contributed by atoms with Gasteiger partial charge < -0.3 is 4.74 Å². The van der Waals surface area contributed by atoms with Crippen LogP contribution < -0.4 is 4.72 Å². The van der Waals surface area contributed by atoms with E-state index in [1.165, 1.54) is 0 Å². The van der Waals surface area contributed by atoms with Gasteiger partial charge in [0.1, 0.15) is 0 Å². The molecule has 0 bridgehead atoms. The Kier molecular flexibility index (Phi) is 3.85. The molecule has 1 aliphatic rings. The molecule has 1 aromatic rings. The molecule has 98 valence electrons. The lowest BCUT2D eigenvalue weighted by molar-refractivity contribution is 0.0975. The summed E-state index contributed by atoms with van der Waals surface area (Å²) in [6.45, 7) is 1.92. The van der Waals surface area contributed by atoms with Crippen LogP contribution in [0.5, 0.6) is 0 Å². The molecule has 0 fully saturated rings.